The Bertz CT molecular complexity index is 624. The number of anilines is 1. The van der Waals surface area contributed by atoms with Crippen molar-refractivity contribution in [2.45, 2.75) is 26.8 Å². The fourth-order valence-electron chi connectivity index (χ4n) is 2.26. The first-order valence-corrected chi connectivity index (χ1v) is 7.97. The van der Waals surface area contributed by atoms with Crippen molar-refractivity contribution in [3.8, 4) is 5.75 Å². The van der Waals surface area contributed by atoms with Gasteiger partial charge < -0.3 is 15.4 Å². The molecule has 0 atom stereocenters. The zero-order valence-electron chi connectivity index (χ0n) is 13.8. The van der Waals surface area contributed by atoms with Gasteiger partial charge in [-0.25, -0.2) is 0 Å². The zero-order chi connectivity index (χ0) is 16.5. The number of hydrogen-bond acceptors (Lipinski definition) is 3. The van der Waals surface area contributed by atoms with Gasteiger partial charge in [-0.1, -0.05) is 24.3 Å². The molecule has 0 saturated carbocycles. The molecule has 122 valence electrons. The zero-order valence-corrected chi connectivity index (χ0v) is 13.8. The summed E-state index contributed by atoms with van der Waals surface area (Å²) in [6.07, 6.45) is 0.444. The van der Waals surface area contributed by atoms with Gasteiger partial charge >= 0.3 is 0 Å². The molecule has 4 nitrogen and oxygen atoms in total. The Morgan fingerprint density at radius 1 is 1.09 bits per heavy atom. The SMILES string of the molecule is CCOc1ccc(NC(=O)CCNCc2ccccc2C)cc1. The van der Waals surface area contributed by atoms with Gasteiger partial charge in [0.05, 0.1) is 6.61 Å². The second-order valence-corrected chi connectivity index (χ2v) is 5.36. The maximum Gasteiger partial charge on any atom is 0.225 e. The van der Waals surface area contributed by atoms with Crippen molar-refractivity contribution in [1.82, 2.24) is 5.32 Å². The quantitative estimate of drug-likeness (QED) is 0.733. The van der Waals surface area contributed by atoms with E-state index in [1.165, 1.54) is 11.1 Å². The molecule has 0 heterocycles. The maximum atomic E-state index is 11.9. The van der Waals surface area contributed by atoms with Crippen LogP contribution in [0.15, 0.2) is 48.5 Å². The first kappa shape index (κ1) is 17.0. The summed E-state index contributed by atoms with van der Waals surface area (Å²) in [6, 6.07) is 15.7. The Labute approximate surface area is 137 Å². The molecule has 0 saturated heterocycles. The summed E-state index contributed by atoms with van der Waals surface area (Å²) >= 11 is 0. The first-order valence-electron chi connectivity index (χ1n) is 7.97. The van der Waals surface area contributed by atoms with Crippen LogP contribution in [-0.4, -0.2) is 19.1 Å². The minimum absolute atomic E-state index is 0.00597. The van der Waals surface area contributed by atoms with Crippen LogP contribution in [0.5, 0.6) is 5.75 Å². The molecule has 1 amide bonds. The average molecular weight is 312 g/mol. The van der Waals surface area contributed by atoms with Crippen LogP contribution in [0, 0.1) is 6.92 Å². The van der Waals surface area contributed by atoms with Crippen LogP contribution < -0.4 is 15.4 Å². The number of hydrogen-bond donors (Lipinski definition) is 2. The molecule has 0 fully saturated rings. The highest BCUT2D eigenvalue weighted by molar-refractivity contribution is 5.90. The second kappa shape index (κ2) is 8.96. The number of benzene rings is 2. The van der Waals surface area contributed by atoms with E-state index in [4.69, 9.17) is 4.74 Å². The Hall–Kier alpha value is -2.33. The van der Waals surface area contributed by atoms with Crippen LogP contribution in [0.4, 0.5) is 5.69 Å². The van der Waals surface area contributed by atoms with Crippen molar-refractivity contribution in [2.24, 2.45) is 0 Å². The molecule has 0 aliphatic rings. The van der Waals surface area contributed by atoms with Crippen LogP contribution in [0.25, 0.3) is 0 Å². The summed E-state index contributed by atoms with van der Waals surface area (Å²) in [5, 5.41) is 6.19. The highest BCUT2D eigenvalue weighted by atomic mass is 16.5. The summed E-state index contributed by atoms with van der Waals surface area (Å²) in [5.41, 5.74) is 3.32. The van der Waals surface area contributed by atoms with Crippen molar-refractivity contribution >= 4 is 11.6 Å². The van der Waals surface area contributed by atoms with Gasteiger partial charge in [-0.2, -0.15) is 0 Å². The van der Waals surface area contributed by atoms with Crippen molar-refractivity contribution < 1.29 is 9.53 Å². The second-order valence-electron chi connectivity index (χ2n) is 5.36. The third kappa shape index (κ3) is 5.75. The third-order valence-corrected chi connectivity index (χ3v) is 3.55. The van der Waals surface area contributed by atoms with Gasteiger partial charge in [0.2, 0.25) is 5.91 Å². The van der Waals surface area contributed by atoms with Crippen molar-refractivity contribution in [1.29, 1.82) is 0 Å². The predicted molar refractivity (Wildman–Crippen MR) is 93.7 cm³/mol. The van der Waals surface area contributed by atoms with Crippen molar-refractivity contribution in [2.75, 3.05) is 18.5 Å². The normalized spacial score (nSPS) is 10.3. The van der Waals surface area contributed by atoms with Crippen LogP contribution in [-0.2, 0) is 11.3 Å². The van der Waals surface area contributed by atoms with E-state index in [0.29, 0.717) is 19.6 Å². The standard InChI is InChI=1S/C19H24N2O2/c1-3-23-18-10-8-17(9-11-18)21-19(22)12-13-20-14-16-7-5-4-6-15(16)2/h4-11,20H,3,12-14H2,1-2H3,(H,21,22). The molecule has 0 bridgehead atoms. The lowest BCUT2D eigenvalue weighted by molar-refractivity contribution is -0.116. The molecule has 2 rings (SSSR count). The molecule has 0 unspecified atom stereocenters. The number of rotatable bonds is 8. The van der Waals surface area contributed by atoms with E-state index in [0.717, 1.165) is 18.0 Å². The summed E-state index contributed by atoms with van der Waals surface area (Å²) in [6.45, 7) is 6.10. The minimum atomic E-state index is 0.00597. The van der Waals surface area contributed by atoms with Gasteiger partial charge in [-0.3, -0.25) is 4.79 Å². The van der Waals surface area contributed by atoms with Crippen LogP contribution in [0.1, 0.15) is 24.5 Å². The van der Waals surface area contributed by atoms with E-state index in [1.807, 2.05) is 43.3 Å². The lowest BCUT2D eigenvalue weighted by Crippen LogP contribution is -2.21. The number of carbonyl (C=O) groups excluding carboxylic acids is 1. The van der Waals surface area contributed by atoms with Gasteiger partial charge in [-0.05, 0) is 49.2 Å². The fraction of sp³-hybridized carbons (Fsp3) is 0.316. The topological polar surface area (TPSA) is 50.4 Å². The molecule has 4 heteroatoms. The molecule has 0 radical (unpaired) electrons. The molecule has 2 N–H and O–H groups in total. The van der Waals surface area contributed by atoms with Crippen molar-refractivity contribution in [3.63, 3.8) is 0 Å². The van der Waals surface area contributed by atoms with Crippen LogP contribution in [0.2, 0.25) is 0 Å². The van der Waals surface area contributed by atoms with E-state index in [1.54, 1.807) is 0 Å². The fourth-order valence-corrected chi connectivity index (χ4v) is 2.26. The van der Waals surface area contributed by atoms with Crippen molar-refractivity contribution in [3.05, 3.63) is 59.7 Å². The third-order valence-electron chi connectivity index (χ3n) is 3.55. The van der Waals surface area contributed by atoms with Gasteiger partial charge in [0, 0.05) is 25.2 Å². The number of ether oxygens (including phenoxy) is 1. The minimum Gasteiger partial charge on any atom is -0.494 e. The number of amides is 1. The molecule has 2 aromatic carbocycles. The Balaban J connectivity index is 1.70. The molecule has 23 heavy (non-hydrogen) atoms. The number of nitrogens with one attached hydrogen (secondary N) is 2. The molecular weight excluding hydrogens is 288 g/mol. The summed E-state index contributed by atoms with van der Waals surface area (Å²) in [7, 11) is 0. The van der Waals surface area contributed by atoms with Crippen LogP contribution >= 0.6 is 0 Å². The summed E-state index contributed by atoms with van der Waals surface area (Å²) < 4.78 is 5.37. The van der Waals surface area contributed by atoms with E-state index in [9.17, 15) is 4.79 Å². The highest BCUT2D eigenvalue weighted by Crippen LogP contribution is 2.15. The van der Waals surface area contributed by atoms with E-state index in [2.05, 4.69) is 29.7 Å². The lowest BCUT2D eigenvalue weighted by Gasteiger charge is -2.09. The average Bonchev–Trinajstić information content (AvgIpc) is 2.55. The lowest BCUT2D eigenvalue weighted by atomic mass is 10.1. The summed E-state index contributed by atoms with van der Waals surface area (Å²) in [4.78, 5) is 11.9. The predicted octanol–water partition coefficient (Wildman–Crippen LogP) is 3.51. The maximum absolute atomic E-state index is 11.9. The summed E-state index contributed by atoms with van der Waals surface area (Å²) in [5.74, 6) is 0.817. The van der Waals surface area contributed by atoms with Crippen LogP contribution in [0.3, 0.4) is 0 Å². The Morgan fingerprint density at radius 2 is 1.83 bits per heavy atom. The number of carbonyl (C=O) groups is 1. The number of aryl methyl sites for hydroxylation is 1. The molecule has 0 aliphatic carbocycles. The molecule has 0 spiro atoms. The van der Waals surface area contributed by atoms with E-state index >= 15 is 0 Å². The highest BCUT2D eigenvalue weighted by Gasteiger charge is 2.03. The van der Waals surface area contributed by atoms with Gasteiger partial charge in [0.25, 0.3) is 0 Å². The van der Waals surface area contributed by atoms with Gasteiger partial charge in [0.15, 0.2) is 0 Å². The molecule has 0 aromatic heterocycles. The Kier molecular flexibility index (Phi) is 6.63. The van der Waals surface area contributed by atoms with E-state index < -0.39 is 0 Å². The van der Waals surface area contributed by atoms with Gasteiger partial charge in [0.1, 0.15) is 5.75 Å². The largest absolute Gasteiger partial charge is 0.494 e. The van der Waals surface area contributed by atoms with Gasteiger partial charge in [-0.15, -0.1) is 0 Å². The molecule has 0 aliphatic heterocycles. The molecule has 2 aromatic rings. The molecular formula is C19H24N2O2. The first-order chi connectivity index (χ1) is 11.2. The Morgan fingerprint density at radius 3 is 2.52 bits per heavy atom. The monoisotopic (exact) mass is 312 g/mol. The van der Waals surface area contributed by atoms with E-state index in [-0.39, 0.29) is 5.91 Å². The smallest absolute Gasteiger partial charge is 0.225 e.